The lowest BCUT2D eigenvalue weighted by molar-refractivity contribution is -0.138. The minimum atomic E-state index is -0.426. The summed E-state index contributed by atoms with van der Waals surface area (Å²) in [6.45, 7) is 7.42. The van der Waals surface area contributed by atoms with E-state index in [1.807, 2.05) is 20.8 Å². The summed E-state index contributed by atoms with van der Waals surface area (Å²) >= 11 is 0. The normalized spacial score (nSPS) is 11.6. The third-order valence-electron chi connectivity index (χ3n) is 7.38. The molecule has 0 aromatic heterocycles. The van der Waals surface area contributed by atoms with Gasteiger partial charge in [-0.1, -0.05) is 54.7 Å². The molecule has 0 heterocycles. The number of carbonyl (C=O) groups excluding carboxylic acids is 6. The first-order valence-corrected chi connectivity index (χ1v) is 18.6. The lowest BCUT2D eigenvalue weighted by Gasteiger charge is -2.12. The summed E-state index contributed by atoms with van der Waals surface area (Å²) in [4.78, 5) is 74.3. The third-order valence-corrected chi connectivity index (χ3v) is 7.38. The van der Waals surface area contributed by atoms with Crippen LogP contribution in [0.25, 0.3) is 0 Å². The number of allylic oxidation sites excluding steroid dienone is 9. The van der Waals surface area contributed by atoms with Crippen LogP contribution in [0.15, 0.2) is 91.1 Å². The van der Waals surface area contributed by atoms with Crippen molar-refractivity contribution >= 4 is 35.6 Å². The molecule has 0 spiro atoms. The van der Waals surface area contributed by atoms with Crippen molar-refractivity contribution in [3.05, 3.63) is 108 Å². The predicted molar refractivity (Wildman–Crippen MR) is 210 cm³/mol. The maximum absolute atomic E-state index is 13.1. The molecule has 0 atom stereocenters. The Morgan fingerprint density at radius 1 is 0.426 bits per heavy atom. The number of nitrogens with one attached hydrogen (secondary N) is 3. The molecule has 0 radical (unpaired) electrons. The van der Waals surface area contributed by atoms with E-state index >= 15 is 0 Å². The number of carbonyl (C=O) groups is 6. The molecule has 3 N–H and O–H groups in total. The van der Waals surface area contributed by atoms with Gasteiger partial charge < -0.3 is 30.2 Å². The number of hydrogen-bond acceptors (Lipinski definition) is 9. The first-order chi connectivity index (χ1) is 26.2. The van der Waals surface area contributed by atoms with Crippen LogP contribution in [0.3, 0.4) is 0 Å². The predicted octanol–water partition coefficient (Wildman–Crippen LogP) is 6.41. The minimum Gasteiger partial charge on any atom is -0.463 e. The number of unbranched alkanes of at least 4 members (excludes halogenated alkanes) is 6. The molecule has 294 valence electrons. The van der Waals surface area contributed by atoms with Gasteiger partial charge in [-0.2, -0.15) is 0 Å². The Labute approximate surface area is 319 Å². The molecule has 0 aliphatic heterocycles. The fourth-order valence-corrected chi connectivity index (χ4v) is 4.54. The van der Waals surface area contributed by atoms with Crippen LogP contribution in [-0.2, 0) is 28.6 Å². The van der Waals surface area contributed by atoms with E-state index in [4.69, 9.17) is 14.2 Å². The van der Waals surface area contributed by atoms with Crippen molar-refractivity contribution in [3.63, 3.8) is 0 Å². The van der Waals surface area contributed by atoms with Gasteiger partial charge in [0.25, 0.3) is 17.7 Å². The van der Waals surface area contributed by atoms with Gasteiger partial charge in [0.2, 0.25) is 0 Å². The molecule has 0 fully saturated rings. The van der Waals surface area contributed by atoms with Gasteiger partial charge in [-0.15, -0.1) is 0 Å². The zero-order chi connectivity index (χ0) is 39.7. The summed E-state index contributed by atoms with van der Waals surface area (Å²) in [5, 5.41) is 8.51. The summed E-state index contributed by atoms with van der Waals surface area (Å²) in [6.07, 6.45) is 25.5. The Hall–Kier alpha value is -5.52. The Balaban J connectivity index is 2.70. The lowest BCUT2D eigenvalue weighted by atomic mass is 10.0. The van der Waals surface area contributed by atoms with E-state index in [-0.39, 0.29) is 36.5 Å². The SMILES string of the molecule is C/C=C/C=C/C(=O)OCCCCCNC(=O)c1cc(C(=O)NCCCCCOC(=O)/C=C/C=C/C)cc(C(=O)NCCCCCOC(=O)/C=C/C=C/C)c1. The van der Waals surface area contributed by atoms with Gasteiger partial charge in [-0.3, -0.25) is 14.4 Å². The van der Waals surface area contributed by atoms with E-state index in [1.165, 1.54) is 36.4 Å². The smallest absolute Gasteiger partial charge is 0.330 e. The maximum atomic E-state index is 13.1. The average molecular weight is 748 g/mol. The van der Waals surface area contributed by atoms with E-state index in [0.29, 0.717) is 77.4 Å². The Morgan fingerprint density at radius 2 is 0.704 bits per heavy atom. The highest BCUT2D eigenvalue weighted by Crippen LogP contribution is 2.12. The molecule has 0 saturated heterocycles. The van der Waals surface area contributed by atoms with Gasteiger partial charge in [-0.05, 0) is 96.8 Å². The van der Waals surface area contributed by atoms with Crippen molar-refractivity contribution in [2.75, 3.05) is 39.5 Å². The highest BCUT2D eigenvalue weighted by Gasteiger charge is 2.16. The van der Waals surface area contributed by atoms with Crippen LogP contribution < -0.4 is 16.0 Å². The van der Waals surface area contributed by atoms with Gasteiger partial charge >= 0.3 is 17.9 Å². The largest absolute Gasteiger partial charge is 0.463 e. The zero-order valence-corrected chi connectivity index (χ0v) is 31.9. The van der Waals surface area contributed by atoms with E-state index in [2.05, 4.69) is 16.0 Å². The number of amides is 3. The topological polar surface area (TPSA) is 166 Å². The summed E-state index contributed by atoms with van der Waals surface area (Å²) in [5.41, 5.74) is 0.515. The number of esters is 3. The second-order valence-electron chi connectivity index (χ2n) is 11.9. The first kappa shape index (κ1) is 46.5. The molecular formula is C42H57N3O9. The fraction of sp³-hybridized carbons (Fsp3) is 0.429. The van der Waals surface area contributed by atoms with Gasteiger partial charge in [0, 0.05) is 54.6 Å². The average Bonchev–Trinajstić information content (AvgIpc) is 3.16. The maximum Gasteiger partial charge on any atom is 0.330 e. The van der Waals surface area contributed by atoms with Gasteiger partial charge in [0.1, 0.15) is 0 Å². The minimum absolute atomic E-state index is 0.172. The molecule has 12 nitrogen and oxygen atoms in total. The Kier molecular flexibility index (Phi) is 26.7. The van der Waals surface area contributed by atoms with E-state index in [1.54, 1.807) is 54.7 Å². The van der Waals surface area contributed by atoms with Gasteiger partial charge in [-0.25, -0.2) is 14.4 Å². The Bertz CT molecular complexity index is 1320. The van der Waals surface area contributed by atoms with Crippen LogP contribution in [0.4, 0.5) is 0 Å². The van der Waals surface area contributed by atoms with Crippen molar-refractivity contribution < 1.29 is 43.0 Å². The van der Waals surface area contributed by atoms with Crippen molar-refractivity contribution in [1.82, 2.24) is 16.0 Å². The lowest BCUT2D eigenvalue weighted by Crippen LogP contribution is -2.29. The molecule has 54 heavy (non-hydrogen) atoms. The number of ether oxygens (including phenoxy) is 3. The monoisotopic (exact) mass is 747 g/mol. The van der Waals surface area contributed by atoms with Crippen molar-refractivity contribution in [2.45, 2.75) is 78.6 Å². The summed E-state index contributed by atoms with van der Waals surface area (Å²) in [7, 11) is 0. The second-order valence-corrected chi connectivity index (χ2v) is 11.9. The van der Waals surface area contributed by atoms with Crippen molar-refractivity contribution in [2.24, 2.45) is 0 Å². The molecule has 1 aromatic rings. The molecule has 3 amide bonds. The van der Waals surface area contributed by atoms with Gasteiger partial charge in [0.15, 0.2) is 0 Å². The van der Waals surface area contributed by atoms with Crippen LogP contribution in [0.1, 0.15) is 110 Å². The molecule has 0 aliphatic carbocycles. The van der Waals surface area contributed by atoms with Crippen LogP contribution in [0.5, 0.6) is 0 Å². The molecule has 0 unspecified atom stereocenters. The Morgan fingerprint density at radius 3 is 0.963 bits per heavy atom. The molecule has 0 bridgehead atoms. The molecule has 12 heteroatoms. The molecule has 1 rings (SSSR count). The molecule has 1 aromatic carbocycles. The zero-order valence-electron chi connectivity index (χ0n) is 31.9. The standard InChI is InChI=1S/C42H57N3O9/c1-4-7-13-22-37(46)52-28-19-10-16-25-43-40(49)34-31-35(41(50)44-26-17-11-20-29-53-38(47)23-14-8-5-2)33-36(32-34)42(51)45-27-18-12-21-30-54-39(48)24-15-9-6-3/h4-9,13-15,22-24,31-33H,10-12,16-21,25-30H2,1-3H3,(H,43,49)(H,44,50)(H,45,51)/b7-4+,8-5+,9-6+,22-13+,23-14+,24-15+. The first-order valence-electron chi connectivity index (χ1n) is 18.6. The quantitative estimate of drug-likeness (QED) is 0.0303. The van der Waals surface area contributed by atoms with Crippen LogP contribution >= 0.6 is 0 Å². The summed E-state index contributed by atoms with van der Waals surface area (Å²) in [5.74, 6) is -2.52. The highest BCUT2D eigenvalue weighted by molar-refractivity contribution is 6.04. The fourth-order valence-electron chi connectivity index (χ4n) is 4.54. The molecular weight excluding hydrogens is 690 g/mol. The number of rotatable bonds is 27. The van der Waals surface area contributed by atoms with Crippen molar-refractivity contribution in [1.29, 1.82) is 0 Å². The highest BCUT2D eigenvalue weighted by atomic mass is 16.5. The summed E-state index contributed by atoms with van der Waals surface area (Å²) in [6, 6.07) is 4.37. The van der Waals surface area contributed by atoms with Gasteiger partial charge in [0.05, 0.1) is 19.8 Å². The third kappa shape index (κ3) is 23.9. The van der Waals surface area contributed by atoms with Crippen LogP contribution in [0.2, 0.25) is 0 Å². The molecule has 0 aliphatic rings. The van der Waals surface area contributed by atoms with Crippen LogP contribution in [-0.4, -0.2) is 75.1 Å². The summed E-state index contributed by atoms with van der Waals surface area (Å²) < 4.78 is 15.4. The van der Waals surface area contributed by atoms with E-state index in [9.17, 15) is 28.8 Å². The second kappa shape index (κ2) is 31.0. The molecule has 0 saturated carbocycles. The van der Waals surface area contributed by atoms with Crippen molar-refractivity contribution in [3.8, 4) is 0 Å². The number of hydrogen-bond donors (Lipinski definition) is 3. The van der Waals surface area contributed by atoms with E-state index in [0.717, 1.165) is 0 Å². The van der Waals surface area contributed by atoms with E-state index < -0.39 is 35.6 Å². The number of benzene rings is 1. The van der Waals surface area contributed by atoms with Crippen LogP contribution in [0, 0.1) is 0 Å².